The second-order valence-corrected chi connectivity index (χ2v) is 5.07. The van der Waals surface area contributed by atoms with Crippen LogP contribution in [0.5, 0.6) is 0 Å². The number of fused-ring (bicyclic) bond motifs is 1. The Morgan fingerprint density at radius 3 is 2.93 bits per heavy atom. The Bertz CT molecular complexity index is 596. The van der Waals surface area contributed by atoms with Crippen molar-refractivity contribution in [2.75, 3.05) is 5.73 Å². The first kappa shape index (κ1) is 8.88. The van der Waals surface area contributed by atoms with Gasteiger partial charge in [-0.05, 0) is 29.6 Å². The fourth-order valence-electron chi connectivity index (χ4n) is 1.45. The Hall–Kier alpha value is -1.39. The summed E-state index contributed by atoms with van der Waals surface area (Å²) >= 11 is 3.37. The van der Waals surface area contributed by atoms with E-state index in [0.717, 1.165) is 20.9 Å². The molecule has 15 heavy (non-hydrogen) atoms. The topological polar surface area (TPSA) is 38.9 Å². The molecule has 2 nitrogen and oxygen atoms in total. The summed E-state index contributed by atoms with van der Waals surface area (Å²) in [7, 11) is 0. The molecule has 0 saturated carbocycles. The third-order valence-electron chi connectivity index (χ3n) is 2.18. The van der Waals surface area contributed by atoms with Crippen LogP contribution in [-0.4, -0.2) is 4.98 Å². The molecular weight excluding hydrogens is 224 g/mol. The Kier molecular flexibility index (Phi) is 1.97. The van der Waals surface area contributed by atoms with Crippen molar-refractivity contribution in [3.8, 4) is 10.6 Å². The number of rotatable bonds is 1. The summed E-state index contributed by atoms with van der Waals surface area (Å²) < 4.78 is 1.15. The molecule has 0 amide bonds. The maximum atomic E-state index is 5.73. The molecule has 2 N–H and O–H groups in total. The number of hydrogen-bond donors (Lipinski definition) is 1. The lowest BCUT2D eigenvalue weighted by atomic mass is 10.3. The largest absolute Gasteiger partial charge is 0.399 e. The average Bonchev–Trinajstić information content (AvgIpc) is 2.84. The molecule has 4 heteroatoms. The minimum Gasteiger partial charge on any atom is -0.399 e. The van der Waals surface area contributed by atoms with Crippen molar-refractivity contribution < 1.29 is 0 Å². The highest BCUT2D eigenvalue weighted by molar-refractivity contribution is 7.22. The summed E-state index contributed by atoms with van der Waals surface area (Å²) in [5.41, 5.74) is 8.74. The van der Waals surface area contributed by atoms with Crippen LogP contribution in [-0.2, 0) is 0 Å². The highest BCUT2D eigenvalue weighted by Gasteiger charge is 2.06. The third-order valence-corrected chi connectivity index (χ3v) is 3.93. The van der Waals surface area contributed by atoms with Crippen LogP contribution in [0.3, 0.4) is 0 Å². The summed E-state index contributed by atoms with van der Waals surface area (Å²) in [6, 6.07) is 7.92. The quantitative estimate of drug-likeness (QED) is 0.651. The highest BCUT2D eigenvalue weighted by Crippen LogP contribution is 2.32. The molecule has 0 aliphatic carbocycles. The van der Waals surface area contributed by atoms with Gasteiger partial charge in [0, 0.05) is 16.6 Å². The van der Waals surface area contributed by atoms with Crippen molar-refractivity contribution in [3.05, 3.63) is 35.0 Å². The van der Waals surface area contributed by atoms with Crippen LogP contribution in [0, 0.1) is 0 Å². The molecular formula is C11H8N2S2. The maximum Gasteiger partial charge on any atom is 0.125 e. The van der Waals surface area contributed by atoms with Crippen molar-refractivity contribution in [2.45, 2.75) is 0 Å². The molecule has 0 saturated heterocycles. The first-order valence-electron chi connectivity index (χ1n) is 4.51. The third kappa shape index (κ3) is 1.52. The van der Waals surface area contributed by atoms with E-state index in [0.29, 0.717) is 0 Å². The van der Waals surface area contributed by atoms with Gasteiger partial charge in [0.05, 0.1) is 10.2 Å². The van der Waals surface area contributed by atoms with E-state index >= 15 is 0 Å². The molecule has 3 aromatic rings. The molecule has 0 unspecified atom stereocenters. The molecule has 3 rings (SSSR count). The number of benzene rings is 1. The van der Waals surface area contributed by atoms with Crippen molar-refractivity contribution in [1.82, 2.24) is 4.98 Å². The zero-order valence-corrected chi connectivity index (χ0v) is 9.44. The maximum absolute atomic E-state index is 5.73. The van der Waals surface area contributed by atoms with E-state index in [1.165, 1.54) is 5.56 Å². The van der Waals surface area contributed by atoms with E-state index < -0.39 is 0 Å². The van der Waals surface area contributed by atoms with Gasteiger partial charge in [0.15, 0.2) is 0 Å². The summed E-state index contributed by atoms with van der Waals surface area (Å²) in [5, 5.41) is 5.24. The highest BCUT2D eigenvalue weighted by atomic mass is 32.1. The van der Waals surface area contributed by atoms with Gasteiger partial charge >= 0.3 is 0 Å². The average molecular weight is 232 g/mol. The van der Waals surface area contributed by atoms with Crippen LogP contribution in [0.2, 0.25) is 0 Å². The Labute approximate surface area is 95.0 Å². The van der Waals surface area contributed by atoms with Crippen molar-refractivity contribution in [3.63, 3.8) is 0 Å². The van der Waals surface area contributed by atoms with Gasteiger partial charge in [0.25, 0.3) is 0 Å². The predicted octanol–water partition coefficient (Wildman–Crippen LogP) is 3.61. The molecule has 0 atom stereocenters. The summed E-state index contributed by atoms with van der Waals surface area (Å²) in [6.45, 7) is 0. The molecule has 0 fully saturated rings. The lowest BCUT2D eigenvalue weighted by Crippen LogP contribution is -1.81. The molecule has 0 radical (unpaired) electrons. The first-order valence-corrected chi connectivity index (χ1v) is 6.27. The second-order valence-electron chi connectivity index (χ2n) is 3.26. The van der Waals surface area contributed by atoms with E-state index in [-0.39, 0.29) is 0 Å². The smallest absolute Gasteiger partial charge is 0.125 e. The Morgan fingerprint density at radius 2 is 2.13 bits per heavy atom. The number of thiophene rings is 1. The van der Waals surface area contributed by atoms with Crippen LogP contribution < -0.4 is 5.73 Å². The molecule has 0 aliphatic heterocycles. The lowest BCUT2D eigenvalue weighted by Gasteiger charge is -1.89. The standard InChI is InChI=1S/C11H8N2S2/c12-8-1-2-9-10(5-8)15-11(13-9)7-3-4-14-6-7/h1-6H,12H2. The number of nitrogen functional groups attached to an aromatic ring is 1. The minimum atomic E-state index is 0.794. The van der Waals surface area contributed by atoms with E-state index in [9.17, 15) is 0 Å². The Balaban J connectivity index is 2.22. The summed E-state index contributed by atoms with van der Waals surface area (Å²) in [5.74, 6) is 0. The fraction of sp³-hybridized carbons (Fsp3) is 0. The van der Waals surface area contributed by atoms with E-state index in [1.54, 1.807) is 22.7 Å². The SMILES string of the molecule is Nc1ccc2nc(-c3ccsc3)sc2c1. The van der Waals surface area contributed by atoms with Gasteiger partial charge in [-0.3, -0.25) is 0 Å². The zero-order valence-electron chi connectivity index (χ0n) is 7.81. The lowest BCUT2D eigenvalue weighted by molar-refractivity contribution is 1.49. The van der Waals surface area contributed by atoms with Crippen LogP contribution in [0.4, 0.5) is 5.69 Å². The van der Waals surface area contributed by atoms with E-state index in [1.807, 2.05) is 18.2 Å². The summed E-state index contributed by atoms with van der Waals surface area (Å²) in [4.78, 5) is 4.57. The number of nitrogens with zero attached hydrogens (tertiary/aromatic N) is 1. The van der Waals surface area contributed by atoms with Gasteiger partial charge in [-0.1, -0.05) is 0 Å². The van der Waals surface area contributed by atoms with Gasteiger partial charge in [-0.15, -0.1) is 11.3 Å². The van der Waals surface area contributed by atoms with Gasteiger partial charge in [-0.25, -0.2) is 4.98 Å². The van der Waals surface area contributed by atoms with Crippen LogP contribution in [0.15, 0.2) is 35.0 Å². The number of thiazole rings is 1. The van der Waals surface area contributed by atoms with Crippen LogP contribution in [0.1, 0.15) is 0 Å². The van der Waals surface area contributed by atoms with Gasteiger partial charge in [0.2, 0.25) is 0 Å². The van der Waals surface area contributed by atoms with Gasteiger partial charge in [-0.2, -0.15) is 11.3 Å². The van der Waals surface area contributed by atoms with E-state index in [2.05, 4.69) is 21.8 Å². The zero-order chi connectivity index (χ0) is 10.3. The second kappa shape index (κ2) is 3.32. The molecule has 2 heterocycles. The van der Waals surface area contributed by atoms with Crippen LogP contribution >= 0.6 is 22.7 Å². The van der Waals surface area contributed by atoms with E-state index in [4.69, 9.17) is 5.73 Å². The molecule has 1 aromatic carbocycles. The minimum absolute atomic E-state index is 0.794. The number of hydrogen-bond acceptors (Lipinski definition) is 4. The molecule has 74 valence electrons. The number of nitrogens with two attached hydrogens (primary N) is 1. The van der Waals surface area contributed by atoms with Gasteiger partial charge < -0.3 is 5.73 Å². The van der Waals surface area contributed by atoms with Gasteiger partial charge in [0.1, 0.15) is 5.01 Å². The molecule has 0 aliphatic rings. The van der Waals surface area contributed by atoms with Crippen molar-refractivity contribution in [1.29, 1.82) is 0 Å². The van der Waals surface area contributed by atoms with Crippen LogP contribution in [0.25, 0.3) is 20.8 Å². The van der Waals surface area contributed by atoms with Crippen molar-refractivity contribution in [2.24, 2.45) is 0 Å². The fourth-order valence-corrected chi connectivity index (χ4v) is 3.18. The molecule has 2 aromatic heterocycles. The number of anilines is 1. The Morgan fingerprint density at radius 1 is 1.20 bits per heavy atom. The molecule has 0 spiro atoms. The monoisotopic (exact) mass is 232 g/mol. The molecule has 0 bridgehead atoms. The normalized spacial score (nSPS) is 10.9. The first-order chi connectivity index (χ1) is 7.33. The predicted molar refractivity (Wildman–Crippen MR) is 67.3 cm³/mol. The number of aromatic nitrogens is 1. The van der Waals surface area contributed by atoms with Crippen molar-refractivity contribution >= 4 is 38.6 Å². The summed E-state index contributed by atoms with van der Waals surface area (Å²) in [6.07, 6.45) is 0.